The fraction of sp³-hybridized carbons (Fsp3) is 0.0909. The van der Waals surface area contributed by atoms with Gasteiger partial charge in [0.15, 0.2) is 11.5 Å². The largest absolute Gasteiger partial charge is 0.360 e. The second kappa shape index (κ2) is 7.89. The number of halogens is 3. The first-order valence-corrected chi connectivity index (χ1v) is 10.4. The van der Waals surface area contributed by atoms with Gasteiger partial charge in [-0.1, -0.05) is 35.3 Å². The topological polar surface area (TPSA) is 88.5 Å². The molecule has 0 aliphatic heterocycles. The van der Waals surface area contributed by atoms with Gasteiger partial charge in [-0.15, -0.1) is 0 Å². The Labute approximate surface area is 190 Å². The quantitative estimate of drug-likeness (QED) is 0.374. The van der Waals surface area contributed by atoms with Gasteiger partial charge >= 0.3 is 0 Å². The fourth-order valence-electron chi connectivity index (χ4n) is 3.72. The van der Waals surface area contributed by atoms with Crippen molar-refractivity contribution in [2.45, 2.75) is 13.0 Å². The Morgan fingerprint density at radius 2 is 1.97 bits per heavy atom. The van der Waals surface area contributed by atoms with Crippen LogP contribution in [0.5, 0.6) is 0 Å². The summed E-state index contributed by atoms with van der Waals surface area (Å²) in [4.78, 5) is 29.0. The number of imidazole rings is 1. The average Bonchev–Trinajstić information content (AvgIpc) is 3.24. The Kier molecular flexibility index (Phi) is 5.03. The lowest BCUT2D eigenvalue weighted by Gasteiger charge is -2.22. The van der Waals surface area contributed by atoms with Crippen molar-refractivity contribution in [2.75, 3.05) is 5.32 Å². The van der Waals surface area contributed by atoms with E-state index in [0.717, 1.165) is 0 Å². The number of nitrogens with zero attached hydrogens (tertiary/aromatic N) is 4. The highest BCUT2D eigenvalue weighted by Gasteiger charge is 2.21. The van der Waals surface area contributed by atoms with Crippen molar-refractivity contribution in [3.63, 3.8) is 0 Å². The van der Waals surface area contributed by atoms with Crippen molar-refractivity contribution in [1.82, 2.24) is 24.5 Å². The minimum absolute atomic E-state index is 0.0209. The van der Waals surface area contributed by atoms with E-state index in [9.17, 15) is 9.18 Å². The number of anilines is 1. The van der Waals surface area contributed by atoms with E-state index in [1.54, 1.807) is 30.3 Å². The first kappa shape index (κ1) is 20.4. The fourth-order valence-corrected chi connectivity index (χ4v) is 4.22. The second-order valence-corrected chi connectivity index (χ2v) is 8.04. The van der Waals surface area contributed by atoms with E-state index in [1.165, 1.54) is 29.4 Å². The molecule has 3 aromatic heterocycles. The predicted molar refractivity (Wildman–Crippen MR) is 123 cm³/mol. The van der Waals surface area contributed by atoms with Crippen LogP contribution in [0.25, 0.3) is 27.6 Å². The van der Waals surface area contributed by atoms with Gasteiger partial charge in [-0.05, 0) is 42.6 Å². The van der Waals surface area contributed by atoms with Crippen LogP contribution >= 0.6 is 23.2 Å². The van der Waals surface area contributed by atoms with Gasteiger partial charge in [0.1, 0.15) is 17.7 Å². The molecular formula is C22H15Cl2FN6O. The van der Waals surface area contributed by atoms with Gasteiger partial charge in [0, 0.05) is 10.7 Å². The van der Waals surface area contributed by atoms with Gasteiger partial charge in [-0.3, -0.25) is 9.36 Å². The minimum Gasteiger partial charge on any atom is -0.360 e. The standard InChI is InChI=1S/C22H15Cl2FN6O/c1-11(30-21-19-20(27-9-26-19)28-10-29-21)17-7-12-3-2-4-15(25)18(12)22(32)31(17)16-6-5-13(23)8-14(16)24/h2-11H,1H3,(H2,26,27,28,29,30). The number of aromatic nitrogens is 5. The molecule has 0 bridgehead atoms. The van der Waals surface area contributed by atoms with Crippen molar-refractivity contribution in [3.05, 3.63) is 87.0 Å². The Bertz CT molecular complexity index is 1550. The van der Waals surface area contributed by atoms with Crippen molar-refractivity contribution >= 4 is 51.0 Å². The van der Waals surface area contributed by atoms with Crippen LogP contribution in [0.15, 0.2) is 59.9 Å². The highest BCUT2D eigenvalue weighted by molar-refractivity contribution is 6.35. The van der Waals surface area contributed by atoms with Crippen LogP contribution in [0, 0.1) is 5.82 Å². The molecule has 32 heavy (non-hydrogen) atoms. The number of fused-ring (bicyclic) bond motifs is 2. The van der Waals surface area contributed by atoms with E-state index in [2.05, 4.69) is 25.3 Å². The first-order chi connectivity index (χ1) is 15.4. The van der Waals surface area contributed by atoms with E-state index in [-0.39, 0.29) is 10.4 Å². The maximum Gasteiger partial charge on any atom is 0.266 e. The first-order valence-electron chi connectivity index (χ1n) is 9.64. The third-order valence-electron chi connectivity index (χ3n) is 5.19. The van der Waals surface area contributed by atoms with Crippen molar-refractivity contribution in [3.8, 4) is 5.69 Å². The summed E-state index contributed by atoms with van der Waals surface area (Å²) in [6.07, 6.45) is 2.93. The van der Waals surface area contributed by atoms with Crippen molar-refractivity contribution in [1.29, 1.82) is 0 Å². The van der Waals surface area contributed by atoms with Gasteiger partial charge in [-0.25, -0.2) is 19.3 Å². The van der Waals surface area contributed by atoms with Crippen LogP contribution in [-0.2, 0) is 0 Å². The molecular weight excluding hydrogens is 454 g/mol. The summed E-state index contributed by atoms with van der Waals surface area (Å²) in [5.74, 6) is -0.0889. The molecule has 160 valence electrons. The Morgan fingerprint density at radius 1 is 1.12 bits per heavy atom. The van der Waals surface area contributed by atoms with Gasteiger partial charge < -0.3 is 10.3 Å². The van der Waals surface area contributed by atoms with Crippen LogP contribution in [0.4, 0.5) is 10.2 Å². The zero-order chi connectivity index (χ0) is 22.4. The van der Waals surface area contributed by atoms with Crippen LogP contribution in [0.2, 0.25) is 10.0 Å². The van der Waals surface area contributed by atoms with E-state index < -0.39 is 17.4 Å². The minimum atomic E-state index is -0.603. The monoisotopic (exact) mass is 468 g/mol. The van der Waals surface area contributed by atoms with Crippen molar-refractivity contribution in [2.24, 2.45) is 0 Å². The molecule has 5 aromatic rings. The van der Waals surface area contributed by atoms with Crippen LogP contribution < -0.4 is 10.9 Å². The number of nitrogens with one attached hydrogen (secondary N) is 2. The van der Waals surface area contributed by atoms with Gasteiger partial charge in [0.2, 0.25) is 0 Å². The summed E-state index contributed by atoms with van der Waals surface area (Å²) in [7, 11) is 0. The molecule has 2 aromatic carbocycles. The molecule has 0 aliphatic rings. The number of rotatable bonds is 4. The smallest absolute Gasteiger partial charge is 0.266 e. The van der Waals surface area contributed by atoms with Crippen LogP contribution in [-0.4, -0.2) is 24.5 Å². The number of aromatic amines is 1. The SMILES string of the molecule is CC(Nc1ncnc2nc[nH]c12)c1cc2cccc(F)c2c(=O)n1-c1ccc(Cl)cc1Cl. The van der Waals surface area contributed by atoms with E-state index in [4.69, 9.17) is 23.2 Å². The average molecular weight is 469 g/mol. The number of hydrogen-bond donors (Lipinski definition) is 2. The lowest BCUT2D eigenvalue weighted by atomic mass is 10.1. The summed E-state index contributed by atoms with van der Waals surface area (Å²) in [6, 6.07) is 10.6. The molecule has 0 radical (unpaired) electrons. The molecule has 5 rings (SSSR count). The maximum atomic E-state index is 14.6. The lowest BCUT2D eigenvalue weighted by molar-refractivity contribution is 0.637. The summed E-state index contributed by atoms with van der Waals surface area (Å²) >= 11 is 12.5. The maximum absolute atomic E-state index is 14.6. The van der Waals surface area contributed by atoms with Crippen molar-refractivity contribution < 1.29 is 4.39 Å². The summed E-state index contributed by atoms with van der Waals surface area (Å²) in [5, 5.41) is 4.44. The number of pyridine rings is 1. The van der Waals surface area contributed by atoms with Gasteiger partial charge in [0.25, 0.3) is 5.56 Å². The Morgan fingerprint density at radius 3 is 2.78 bits per heavy atom. The van der Waals surface area contributed by atoms with E-state index in [0.29, 0.717) is 38.8 Å². The molecule has 1 unspecified atom stereocenters. The molecule has 0 amide bonds. The molecule has 10 heteroatoms. The highest BCUT2D eigenvalue weighted by atomic mass is 35.5. The predicted octanol–water partition coefficient (Wildman–Crippen LogP) is 5.28. The van der Waals surface area contributed by atoms with Crippen LogP contribution in [0.3, 0.4) is 0 Å². The van der Waals surface area contributed by atoms with Crippen LogP contribution in [0.1, 0.15) is 18.7 Å². The third kappa shape index (κ3) is 3.37. The zero-order valence-corrected chi connectivity index (χ0v) is 18.1. The number of H-pyrrole nitrogens is 1. The van der Waals surface area contributed by atoms with E-state index >= 15 is 0 Å². The normalized spacial score (nSPS) is 12.4. The Balaban J connectivity index is 1.74. The molecule has 0 aliphatic carbocycles. The molecule has 3 heterocycles. The Hall–Kier alpha value is -3.49. The molecule has 0 saturated heterocycles. The van der Waals surface area contributed by atoms with Gasteiger partial charge in [-0.2, -0.15) is 0 Å². The third-order valence-corrected chi connectivity index (χ3v) is 5.73. The molecule has 0 fully saturated rings. The van der Waals surface area contributed by atoms with Gasteiger partial charge in [0.05, 0.1) is 28.5 Å². The molecule has 0 spiro atoms. The second-order valence-electron chi connectivity index (χ2n) is 7.20. The molecule has 1 atom stereocenters. The summed E-state index contributed by atoms with van der Waals surface area (Å²) in [5.41, 5.74) is 1.56. The lowest BCUT2D eigenvalue weighted by Crippen LogP contribution is -2.26. The molecule has 2 N–H and O–H groups in total. The zero-order valence-electron chi connectivity index (χ0n) is 16.6. The highest BCUT2D eigenvalue weighted by Crippen LogP contribution is 2.30. The van der Waals surface area contributed by atoms with E-state index in [1.807, 2.05) is 6.92 Å². The summed E-state index contributed by atoms with van der Waals surface area (Å²) < 4.78 is 16.0. The molecule has 7 nitrogen and oxygen atoms in total. The summed E-state index contributed by atoms with van der Waals surface area (Å²) in [6.45, 7) is 1.87. The molecule has 0 saturated carbocycles. The number of hydrogen-bond acceptors (Lipinski definition) is 5. The number of benzene rings is 2.